The Morgan fingerprint density at radius 2 is 2.20 bits per heavy atom. The molecule has 0 aliphatic carbocycles. The molecule has 0 saturated heterocycles. The number of benzene rings is 1. The molecule has 0 spiro atoms. The van der Waals surface area contributed by atoms with Gasteiger partial charge in [-0.05, 0) is 12.1 Å². The highest BCUT2D eigenvalue weighted by Gasteiger charge is 2.23. The lowest BCUT2D eigenvalue weighted by Gasteiger charge is -2.22. The molecule has 1 aromatic carbocycles. The molecule has 78 valence electrons. The molecule has 1 amide bonds. The standard InChI is InChI=1S/C11H11FN2O/c1-8-6-11(15)14(13-7-8)10-5-3-2-4-9(10)12/h2-5,7-8H,6H2,1H3. The zero-order valence-electron chi connectivity index (χ0n) is 8.35. The molecule has 1 aliphatic heterocycles. The normalized spacial score (nSPS) is 20.8. The molecule has 0 N–H and O–H groups in total. The zero-order chi connectivity index (χ0) is 10.8. The van der Waals surface area contributed by atoms with Crippen LogP contribution in [0.2, 0.25) is 0 Å². The van der Waals surface area contributed by atoms with Crippen LogP contribution in [0.3, 0.4) is 0 Å². The summed E-state index contributed by atoms with van der Waals surface area (Å²) in [5, 5.41) is 5.06. The summed E-state index contributed by atoms with van der Waals surface area (Å²) >= 11 is 0. The number of nitrogens with zero attached hydrogens (tertiary/aromatic N) is 2. The van der Waals surface area contributed by atoms with Crippen molar-refractivity contribution < 1.29 is 9.18 Å². The fourth-order valence-electron chi connectivity index (χ4n) is 1.48. The fraction of sp³-hybridized carbons (Fsp3) is 0.273. The molecule has 1 unspecified atom stereocenters. The molecular weight excluding hydrogens is 195 g/mol. The second-order valence-corrected chi connectivity index (χ2v) is 3.60. The molecule has 0 radical (unpaired) electrons. The first-order valence-corrected chi connectivity index (χ1v) is 4.80. The van der Waals surface area contributed by atoms with Gasteiger partial charge in [0.15, 0.2) is 0 Å². The van der Waals surface area contributed by atoms with Crippen LogP contribution in [0.25, 0.3) is 0 Å². The first-order chi connectivity index (χ1) is 7.18. The van der Waals surface area contributed by atoms with Gasteiger partial charge < -0.3 is 0 Å². The SMILES string of the molecule is CC1C=NN(c2ccccc2F)C(=O)C1. The minimum atomic E-state index is -0.433. The molecule has 15 heavy (non-hydrogen) atoms. The van der Waals surface area contributed by atoms with Gasteiger partial charge in [-0.1, -0.05) is 19.1 Å². The number of hydrogen-bond donors (Lipinski definition) is 0. The van der Waals surface area contributed by atoms with Crippen molar-refractivity contribution >= 4 is 17.8 Å². The van der Waals surface area contributed by atoms with Gasteiger partial charge in [0.25, 0.3) is 0 Å². The summed E-state index contributed by atoms with van der Waals surface area (Å²) in [6, 6.07) is 6.12. The Balaban J connectivity index is 2.36. The van der Waals surface area contributed by atoms with Crippen molar-refractivity contribution in [2.45, 2.75) is 13.3 Å². The topological polar surface area (TPSA) is 32.7 Å². The Morgan fingerprint density at radius 1 is 1.47 bits per heavy atom. The Bertz CT molecular complexity index is 417. The molecule has 0 saturated carbocycles. The van der Waals surface area contributed by atoms with E-state index in [0.717, 1.165) is 5.01 Å². The van der Waals surface area contributed by atoms with Crippen molar-refractivity contribution in [1.82, 2.24) is 0 Å². The maximum atomic E-state index is 13.4. The van der Waals surface area contributed by atoms with Gasteiger partial charge in [-0.25, -0.2) is 4.39 Å². The summed E-state index contributed by atoms with van der Waals surface area (Å²) in [5.74, 6) is -0.479. The van der Waals surface area contributed by atoms with E-state index in [1.54, 1.807) is 24.4 Å². The van der Waals surface area contributed by atoms with E-state index in [0.29, 0.717) is 6.42 Å². The number of anilines is 1. The Morgan fingerprint density at radius 3 is 2.87 bits per heavy atom. The molecular formula is C11H11FN2O. The lowest BCUT2D eigenvalue weighted by Crippen LogP contribution is -2.32. The molecule has 0 bridgehead atoms. The molecule has 0 aromatic heterocycles. The fourth-order valence-corrected chi connectivity index (χ4v) is 1.48. The van der Waals surface area contributed by atoms with Crippen LogP contribution in [0.1, 0.15) is 13.3 Å². The highest BCUT2D eigenvalue weighted by Crippen LogP contribution is 2.22. The number of carbonyl (C=O) groups excluding carboxylic acids is 1. The van der Waals surface area contributed by atoms with E-state index in [4.69, 9.17) is 0 Å². The largest absolute Gasteiger partial charge is 0.273 e. The summed E-state index contributed by atoms with van der Waals surface area (Å²) in [6.07, 6.45) is 2.03. The number of hydrazone groups is 1. The number of halogens is 1. The monoisotopic (exact) mass is 206 g/mol. The maximum absolute atomic E-state index is 13.4. The number of rotatable bonds is 1. The molecule has 1 aromatic rings. The number of amides is 1. The second kappa shape index (κ2) is 3.81. The molecule has 1 heterocycles. The third kappa shape index (κ3) is 1.88. The van der Waals surface area contributed by atoms with Crippen molar-refractivity contribution in [3.63, 3.8) is 0 Å². The molecule has 1 atom stereocenters. The summed E-state index contributed by atoms with van der Waals surface area (Å²) < 4.78 is 13.4. The average Bonchev–Trinajstić information content (AvgIpc) is 2.20. The predicted octanol–water partition coefficient (Wildman–Crippen LogP) is 2.18. The molecule has 0 fully saturated rings. The number of carbonyl (C=O) groups is 1. The molecule has 1 aliphatic rings. The van der Waals surface area contributed by atoms with E-state index in [1.807, 2.05) is 6.92 Å². The summed E-state index contributed by atoms with van der Waals surface area (Å²) in [4.78, 5) is 11.6. The quantitative estimate of drug-likeness (QED) is 0.693. The van der Waals surface area contributed by atoms with Crippen LogP contribution in [0.4, 0.5) is 10.1 Å². The van der Waals surface area contributed by atoms with Crippen molar-refractivity contribution in [2.75, 3.05) is 5.01 Å². The van der Waals surface area contributed by atoms with Gasteiger partial charge in [0.1, 0.15) is 11.5 Å². The summed E-state index contributed by atoms with van der Waals surface area (Å²) in [5.41, 5.74) is 0.214. The third-order valence-corrected chi connectivity index (χ3v) is 2.25. The average molecular weight is 206 g/mol. The van der Waals surface area contributed by atoms with Crippen LogP contribution in [0.15, 0.2) is 29.4 Å². The van der Waals surface area contributed by atoms with Gasteiger partial charge >= 0.3 is 0 Å². The predicted molar refractivity (Wildman–Crippen MR) is 56.2 cm³/mol. The van der Waals surface area contributed by atoms with Gasteiger partial charge in [0.2, 0.25) is 5.91 Å². The van der Waals surface area contributed by atoms with Crippen LogP contribution >= 0.6 is 0 Å². The molecule has 3 nitrogen and oxygen atoms in total. The van der Waals surface area contributed by atoms with Crippen molar-refractivity contribution in [3.05, 3.63) is 30.1 Å². The van der Waals surface area contributed by atoms with E-state index in [-0.39, 0.29) is 17.5 Å². The van der Waals surface area contributed by atoms with Crippen LogP contribution in [0.5, 0.6) is 0 Å². The van der Waals surface area contributed by atoms with E-state index in [2.05, 4.69) is 5.10 Å². The molecule has 2 rings (SSSR count). The second-order valence-electron chi connectivity index (χ2n) is 3.60. The van der Waals surface area contributed by atoms with E-state index < -0.39 is 5.82 Å². The summed E-state index contributed by atoms with van der Waals surface area (Å²) in [6.45, 7) is 1.90. The first-order valence-electron chi connectivity index (χ1n) is 4.80. The van der Waals surface area contributed by atoms with Crippen molar-refractivity contribution in [3.8, 4) is 0 Å². The zero-order valence-corrected chi connectivity index (χ0v) is 8.35. The number of hydrogen-bond acceptors (Lipinski definition) is 2. The highest BCUT2D eigenvalue weighted by atomic mass is 19.1. The van der Waals surface area contributed by atoms with Gasteiger partial charge in [-0.15, -0.1) is 0 Å². The van der Waals surface area contributed by atoms with Gasteiger partial charge in [0.05, 0.1) is 0 Å². The minimum Gasteiger partial charge on any atom is -0.273 e. The maximum Gasteiger partial charge on any atom is 0.248 e. The minimum absolute atomic E-state index is 0.125. The Labute approximate surface area is 87.2 Å². The highest BCUT2D eigenvalue weighted by molar-refractivity contribution is 5.97. The van der Waals surface area contributed by atoms with Crippen LogP contribution < -0.4 is 5.01 Å². The smallest absolute Gasteiger partial charge is 0.248 e. The van der Waals surface area contributed by atoms with Gasteiger partial charge in [-0.3, -0.25) is 4.79 Å². The van der Waals surface area contributed by atoms with Crippen LogP contribution in [0, 0.1) is 11.7 Å². The van der Waals surface area contributed by atoms with Gasteiger partial charge in [-0.2, -0.15) is 10.1 Å². The lowest BCUT2D eigenvalue weighted by molar-refractivity contribution is -0.119. The van der Waals surface area contributed by atoms with E-state index >= 15 is 0 Å². The van der Waals surface area contributed by atoms with Crippen LogP contribution in [-0.2, 0) is 4.79 Å². The van der Waals surface area contributed by atoms with Crippen molar-refractivity contribution in [2.24, 2.45) is 11.0 Å². The van der Waals surface area contributed by atoms with Gasteiger partial charge in [0, 0.05) is 18.6 Å². The van der Waals surface area contributed by atoms with Crippen molar-refractivity contribution in [1.29, 1.82) is 0 Å². The van der Waals surface area contributed by atoms with E-state index in [1.165, 1.54) is 6.07 Å². The summed E-state index contributed by atoms with van der Waals surface area (Å²) in [7, 11) is 0. The lowest BCUT2D eigenvalue weighted by atomic mass is 10.1. The Hall–Kier alpha value is -1.71. The number of para-hydroxylation sites is 1. The van der Waals surface area contributed by atoms with E-state index in [9.17, 15) is 9.18 Å². The van der Waals surface area contributed by atoms with Crippen LogP contribution in [-0.4, -0.2) is 12.1 Å². The molecule has 4 heteroatoms. The Kier molecular flexibility index (Phi) is 2.49. The third-order valence-electron chi connectivity index (χ3n) is 2.25. The first kappa shape index (κ1) is 9.83.